The van der Waals surface area contributed by atoms with Crippen LogP contribution < -0.4 is 0 Å². The molecule has 0 saturated carbocycles. The van der Waals surface area contributed by atoms with E-state index in [9.17, 15) is 8.42 Å². The molecule has 0 heterocycles. The molecule has 0 spiro atoms. The fraction of sp³-hybridized carbons (Fsp3) is 1.00. The number of ether oxygens (including phenoxy) is 1. The Labute approximate surface area is 84.1 Å². The lowest BCUT2D eigenvalue weighted by Gasteiger charge is -2.09. The van der Waals surface area contributed by atoms with Gasteiger partial charge in [-0.25, -0.2) is 0 Å². The third-order valence-corrected chi connectivity index (χ3v) is 2.82. The molecule has 0 aromatic carbocycles. The van der Waals surface area contributed by atoms with Crippen molar-refractivity contribution >= 4 is 21.9 Å². The second-order valence-corrected chi connectivity index (χ2v) is 5.44. The molecule has 0 aliphatic carbocycles. The largest absolute Gasteiger partial charge is 0.381 e. The van der Waals surface area contributed by atoms with E-state index in [-0.39, 0.29) is 5.44 Å². The quantitative estimate of drug-likeness (QED) is 0.371. The summed E-state index contributed by atoms with van der Waals surface area (Å²) in [6, 6.07) is 0. The number of hydrogen-bond acceptors (Lipinski definition) is 5. The SMILES string of the molecule is CCOCCSC(C)OS(C)(=O)=O. The molecule has 6 heteroatoms. The van der Waals surface area contributed by atoms with Gasteiger partial charge in [0, 0.05) is 12.4 Å². The van der Waals surface area contributed by atoms with E-state index in [1.807, 2.05) is 6.92 Å². The van der Waals surface area contributed by atoms with Crippen LogP contribution in [0.25, 0.3) is 0 Å². The van der Waals surface area contributed by atoms with Crippen LogP contribution in [-0.2, 0) is 19.0 Å². The van der Waals surface area contributed by atoms with Crippen molar-refractivity contribution in [2.75, 3.05) is 25.2 Å². The molecular weight excluding hydrogens is 212 g/mol. The molecule has 13 heavy (non-hydrogen) atoms. The summed E-state index contributed by atoms with van der Waals surface area (Å²) in [4.78, 5) is 0. The molecule has 0 rings (SSSR count). The zero-order valence-corrected chi connectivity index (χ0v) is 9.78. The van der Waals surface area contributed by atoms with Gasteiger partial charge >= 0.3 is 0 Å². The molecule has 1 unspecified atom stereocenters. The summed E-state index contributed by atoms with van der Waals surface area (Å²) in [5.41, 5.74) is -0.338. The van der Waals surface area contributed by atoms with E-state index in [2.05, 4.69) is 0 Å². The zero-order chi connectivity index (χ0) is 10.3. The molecule has 0 N–H and O–H groups in total. The molecule has 0 radical (unpaired) electrons. The Morgan fingerprint density at radius 1 is 1.46 bits per heavy atom. The summed E-state index contributed by atoms with van der Waals surface area (Å²) in [5.74, 6) is 0.741. The van der Waals surface area contributed by atoms with Crippen LogP contribution in [0.2, 0.25) is 0 Å². The van der Waals surface area contributed by atoms with Gasteiger partial charge in [0.1, 0.15) is 5.44 Å². The van der Waals surface area contributed by atoms with Gasteiger partial charge in [0.2, 0.25) is 0 Å². The van der Waals surface area contributed by atoms with Crippen molar-refractivity contribution in [3.8, 4) is 0 Å². The lowest BCUT2D eigenvalue weighted by atomic mass is 10.8. The highest BCUT2D eigenvalue weighted by atomic mass is 32.2. The van der Waals surface area contributed by atoms with Crippen LogP contribution in [0.3, 0.4) is 0 Å². The highest BCUT2D eigenvalue weighted by Crippen LogP contribution is 2.13. The van der Waals surface area contributed by atoms with Crippen molar-refractivity contribution in [2.24, 2.45) is 0 Å². The van der Waals surface area contributed by atoms with Crippen LogP contribution in [0.5, 0.6) is 0 Å². The molecule has 0 aliphatic heterocycles. The van der Waals surface area contributed by atoms with Crippen LogP contribution in [0.15, 0.2) is 0 Å². The predicted molar refractivity (Wildman–Crippen MR) is 54.3 cm³/mol. The first kappa shape index (κ1) is 13.2. The summed E-state index contributed by atoms with van der Waals surface area (Å²) >= 11 is 1.42. The number of rotatable bonds is 7. The van der Waals surface area contributed by atoms with E-state index in [4.69, 9.17) is 8.92 Å². The first-order chi connectivity index (χ1) is 5.95. The maximum Gasteiger partial charge on any atom is 0.265 e. The van der Waals surface area contributed by atoms with Gasteiger partial charge in [-0.05, 0) is 13.8 Å². The van der Waals surface area contributed by atoms with Crippen molar-refractivity contribution in [2.45, 2.75) is 19.3 Å². The van der Waals surface area contributed by atoms with E-state index < -0.39 is 10.1 Å². The summed E-state index contributed by atoms with van der Waals surface area (Å²) in [5, 5.41) is 0. The molecule has 80 valence electrons. The number of thioether (sulfide) groups is 1. The summed E-state index contributed by atoms with van der Waals surface area (Å²) < 4.78 is 31.1. The molecule has 4 nitrogen and oxygen atoms in total. The Bertz CT molecular complexity index is 213. The Morgan fingerprint density at radius 2 is 2.08 bits per heavy atom. The van der Waals surface area contributed by atoms with Gasteiger partial charge in [0.15, 0.2) is 0 Å². The second-order valence-electron chi connectivity index (χ2n) is 2.44. The summed E-state index contributed by atoms with van der Waals surface area (Å²) in [7, 11) is -3.33. The van der Waals surface area contributed by atoms with Gasteiger partial charge in [-0.15, -0.1) is 11.8 Å². The number of hydrogen-bond donors (Lipinski definition) is 0. The van der Waals surface area contributed by atoms with Gasteiger partial charge in [-0.3, -0.25) is 4.18 Å². The van der Waals surface area contributed by atoms with Crippen LogP contribution in [0, 0.1) is 0 Å². The average molecular weight is 228 g/mol. The molecule has 1 atom stereocenters. The third kappa shape index (κ3) is 10.1. The summed E-state index contributed by atoms with van der Waals surface area (Å²) in [6.07, 6.45) is 1.05. The van der Waals surface area contributed by atoms with Gasteiger partial charge in [-0.1, -0.05) is 0 Å². The maximum absolute atomic E-state index is 10.7. The minimum atomic E-state index is -3.33. The van der Waals surface area contributed by atoms with E-state index in [1.54, 1.807) is 6.92 Å². The average Bonchev–Trinajstić information content (AvgIpc) is 1.94. The van der Waals surface area contributed by atoms with Crippen molar-refractivity contribution in [1.29, 1.82) is 0 Å². The van der Waals surface area contributed by atoms with Gasteiger partial charge in [0.25, 0.3) is 10.1 Å². The highest BCUT2D eigenvalue weighted by molar-refractivity contribution is 8.00. The van der Waals surface area contributed by atoms with Crippen molar-refractivity contribution < 1.29 is 17.3 Å². The predicted octanol–water partition coefficient (Wildman–Crippen LogP) is 1.08. The van der Waals surface area contributed by atoms with Crippen LogP contribution in [0.4, 0.5) is 0 Å². The molecule has 0 amide bonds. The lowest BCUT2D eigenvalue weighted by Crippen LogP contribution is -2.12. The van der Waals surface area contributed by atoms with E-state index in [1.165, 1.54) is 11.8 Å². The molecule has 0 bridgehead atoms. The Balaban J connectivity index is 3.47. The van der Waals surface area contributed by atoms with Crippen molar-refractivity contribution in [1.82, 2.24) is 0 Å². The van der Waals surface area contributed by atoms with Crippen LogP contribution >= 0.6 is 11.8 Å². The second kappa shape index (κ2) is 6.64. The Kier molecular flexibility index (Phi) is 6.75. The molecule has 0 aromatic rings. The van der Waals surface area contributed by atoms with Crippen LogP contribution in [-0.4, -0.2) is 39.1 Å². The molecule has 0 saturated heterocycles. The minimum absolute atomic E-state index is 0.338. The van der Waals surface area contributed by atoms with Crippen molar-refractivity contribution in [3.05, 3.63) is 0 Å². The topological polar surface area (TPSA) is 52.6 Å². The monoisotopic (exact) mass is 228 g/mol. The van der Waals surface area contributed by atoms with Gasteiger partial charge < -0.3 is 4.74 Å². The molecule has 0 aliphatic rings. The Hall–Kier alpha value is 0.220. The first-order valence-corrected chi connectivity index (χ1v) is 6.90. The third-order valence-electron chi connectivity index (χ3n) is 1.09. The van der Waals surface area contributed by atoms with Gasteiger partial charge in [0.05, 0.1) is 12.9 Å². The Morgan fingerprint density at radius 3 is 2.54 bits per heavy atom. The lowest BCUT2D eigenvalue weighted by molar-refractivity contribution is 0.164. The molecule has 0 fully saturated rings. The van der Waals surface area contributed by atoms with Crippen molar-refractivity contribution in [3.63, 3.8) is 0 Å². The van der Waals surface area contributed by atoms with E-state index >= 15 is 0 Å². The standard InChI is InChI=1S/C7H16O4S2/c1-4-10-5-6-12-7(2)11-13(3,8)9/h7H,4-6H2,1-3H3. The van der Waals surface area contributed by atoms with Gasteiger partial charge in [-0.2, -0.15) is 8.42 Å². The fourth-order valence-electron chi connectivity index (χ4n) is 0.691. The minimum Gasteiger partial charge on any atom is -0.381 e. The van der Waals surface area contributed by atoms with Crippen LogP contribution in [0.1, 0.15) is 13.8 Å². The molecular formula is C7H16O4S2. The van der Waals surface area contributed by atoms with E-state index in [0.29, 0.717) is 13.2 Å². The first-order valence-electron chi connectivity index (χ1n) is 4.03. The smallest absolute Gasteiger partial charge is 0.265 e. The summed E-state index contributed by atoms with van der Waals surface area (Å²) in [6.45, 7) is 4.93. The molecule has 0 aromatic heterocycles. The normalized spacial score (nSPS) is 14.4. The maximum atomic E-state index is 10.7. The highest BCUT2D eigenvalue weighted by Gasteiger charge is 2.09. The van der Waals surface area contributed by atoms with E-state index in [0.717, 1.165) is 12.0 Å². The zero-order valence-electron chi connectivity index (χ0n) is 8.15. The fourth-order valence-corrected chi connectivity index (χ4v) is 2.38.